The summed E-state index contributed by atoms with van der Waals surface area (Å²) in [6, 6.07) is 0. The van der Waals surface area contributed by atoms with Crippen LogP contribution < -0.4 is 5.73 Å². The Bertz CT molecular complexity index is 223. The molecule has 0 heterocycles. The monoisotopic (exact) mass is 183 g/mol. The van der Waals surface area contributed by atoms with Crippen molar-refractivity contribution in [2.45, 2.75) is 50.5 Å². The highest BCUT2D eigenvalue weighted by Crippen LogP contribution is 2.57. The van der Waals surface area contributed by atoms with Gasteiger partial charge in [0.05, 0.1) is 6.42 Å². The highest BCUT2D eigenvalue weighted by Gasteiger charge is 2.48. The molecule has 0 unspecified atom stereocenters. The molecule has 0 amide bonds. The number of hydrogen-bond donors (Lipinski definition) is 2. The molecule has 2 saturated carbocycles. The van der Waals surface area contributed by atoms with Gasteiger partial charge in [-0.2, -0.15) is 0 Å². The molecule has 0 aromatic heterocycles. The van der Waals surface area contributed by atoms with Crippen LogP contribution in [-0.4, -0.2) is 16.6 Å². The van der Waals surface area contributed by atoms with Crippen LogP contribution in [0.15, 0.2) is 0 Å². The van der Waals surface area contributed by atoms with Crippen molar-refractivity contribution >= 4 is 5.97 Å². The predicted molar refractivity (Wildman–Crippen MR) is 49.3 cm³/mol. The molecule has 13 heavy (non-hydrogen) atoms. The average molecular weight is 183 g/mol. The molecular formula is C10H17NO2. The van der Waals surface area contributed by atoms with Crippen LogP contribution in [-0.2, 0) is 4.79 Å². The SMILES string of the molecule is NC1(CC(=O)O)CCC2(CC1)CC2. The fourth-order valence-corrected chi connectivity index (χ4v) is 2.43. The zero-order valence-corrected chi connectivity index (χ0v) is 7.88. The lowest BCUT2D eigenvalue weighted by Gasteiger charge is -2.36. The molecule has 3 nitrogen and oxygen atoms in total. The third kappa shape index (κ3) is 1.85. The summed E-state index contributed by atoms with van der Waals surface area (Å²) in [6.45, 7) is 0. The minimum atomic E-state index is -0.755. The van der Waals surface area contributed by atoms with Gasteiger partial charge in [-0.05, 0) is 43.9 Å². The van der Waals surface area contributed by atoms with E-state index in [1.54, 1.807) is 0 Å². The van der Waals surface area contributed by atoms with Crippen molar-refractivity contribution in [2.75, 3.05) is 0 Å². The Morgan fingerprint density at radius 2 is 1.62 bits per heavy atom. The highest BCUT2D eigenvalue weighted by atomic mass is 16.4. The van der Waals surface area contributed by atoms with Crippen LogP contribution in [0.25, 0.3) is 0 Å². The van der Waals surface area contributed by atoms with E-state index in [4.69, 9.17) is 10.8 Å². The first-order valence-electron chi connectivity index (χ1n) is 5.04. The number of carboxylic acids is 1. The first kappa shape index (κ1) is 9.00. The Kier molecular flexibility index (Phi) is 1.88. The summed E-state index contributed by atoms with van der Waals surface area (Å²) < 4.78 is 0. The minimum Gasteiger partial charge on any atom is -0.481 e. The molecule has 3 N–H and O–H groups in total. The Morgan fingerprint density at radius 3 is 2.00 bits per heavy atom. The molecule has 0 bridgehead atoms. The standard InChI is InChI=1S/C10H17NO2/c11-10(7-8(12)13)5-3-9(1-2-9)4-6-10/h1-7,11H2,(H,12,13). The number of rotatable bonds is 2. The van der Waals surface area contributed by atoms with Gasteiger partial charge in [0.25, 0.3) is 0 Å². The van der Waals surface area contributed by atoms with E-state index in [-0.39, 0.29) is 6.42 Å². The lowest BCUT2D eigenvalue weighted by Crippen LogP contribution is -2.45. The molecule has 74 valence electrons. The Morgan fingerprint density at radius 1 is 1.15 bits per heavy atom. The summed E-state index contributed by atoms with van der Waals surface area (Å²) >= 11 is 0. The Balaban J connectivity index is 1.91. The highest BCUT2D eigenvalue weighted by molar-refractivity contribution is 5.68. The van der Waals surface area contributed by atoms with E-state index < -0.39 is 11.5 Å². The van der Waals surface area contributed by atoms with Gasteiger partial charge in [-0.15, -0.1) is 0 Å². The smallest absolute Gasteiger partial charge is 0.305 e. The summed E-state index contributed by atoms with van der Waals surface area (Å²) in [5, 5.41) is 8.70. The number of nitrogens with two attached hydrogens (primary N) is 1. The van der Waals surface area contributed by atoms with Crippen molar-refractivity contribution in [3.05, 3.63) is 0 Å². The minimum absolute atomic E-state index is 0.142. The fraction of sp³-hybridized carbons (Fsp3) is 0.900. The summed E-state index contributed by atoms with van der Waals surface area (Å²) in [4.78, 5) is 10.6. The van der Waals surface area contributed by atoms with Gasteiger partial charge in [-0.25, -0.2) is 0 Å². The molecule has 0 aliphatic heterocycles. The molecule has 0 aromatic rings. The molecule has 0 atom stereocenters. The Labute approximate surface area is 78.3 Å². The third-order valence-corrected chi connectivity index (χ3v) is 3.77. The molecule has 0 aromatic carbocycles. The maximum Gasteiger partial charge on any atom is 0.305 e. The van der Waals surface area contributed by atoms with Crippen LogP contribution in [0.2, 0.25) is 0 Å². The molecule has 3 heteroatoms. The molecular weight excluding hydrogens is 166 g/mol. The van der Waals surface area contributed by atoms with E-state index in [0.717, 1.165) is 25.7 Å². The van der Waals surface area contributed by atoms with Crippen molar-refractivity contribution in [1.82, 2.24) is 0 Å². The summed E-state index contributed by atoms with van der Waals surface area (Å²) in [5.74, 6) is -0.755. The van der Waals surface area contributed by atoms with Gasteiger partial charge in [-0.3, -0.25) is 4.79 Å². The van der Waals surface area contributed by atoms with Crippen LogP contribution in [0.1, 0.15) is 44.9 Å². The summed E-state index contributed by atoms with van der Waals surface area (Å²) in [7, 11) is 0. The van der Waals surface area contributed by atoms with E-state index in [9.17, 15) is 4.79 Å². The lowest BCUT2D eigenvalue weighted by atomic mass is 9.74. The van der Waals surface area contributed by atoms with Gasteiger partial charge in [-0.1, -0.05) is 0 Å². The second-order valence-corrected chi connectivity index (χ2v) is 4.93. The van der Waals surface area contributed by atoms with Crippen molar-refractivity contribution in [2.24, 2.45) is 11.1 Å². The van der Waals surface area contributed by atoms with E-state index >= 15 is 0 Å². The molecule has 2 aliphatic rings. The Hall–Kier alpha value is -0.570. The van der Waals surface area contributed by atoms with Crippen LogP contribution in [0.4, 0.5) is 0 Å². The van der Waals surface area contributed by atoms with E-state index in [2.05, 4.69) is 0 Å². The number of carbonyl (C=O) groups is 1. The van der Waals surface area contributed by atoms with Crippen molar-refractivity contribution in [1.29, 1.82) is 0 Å². The number of carboxylic acid groups (broad SMARTS) is 1. The van der Waals surface area contributed by atoms with E-state index in [1.165, 1.54) is 12.8 Å². The largest absolute Gasteiger partial charge is 0.481 e. The van der Waals surface area contributed by atoms with Gasteiger partial charge in [0.2, 0.25) is 0 Å². The van der Waals surface area contributed by atoms with E-state index in [1.807, 2.05) is 0 Å². The molecule has 0 saturated heterocycles. The zero-order valence-electron chi connectivity index (χ0n) is 7.88. The zero-order chi connectivity index (χ0) is 9.53. The lowest BCUT2D eigenvalue weighted by molar-refractivity contribution is -0.138. The molecule has 0 radical (unpaired) electrons. The van der Waals surface area contributed by atoms with Crippen molar-refractivity contribution < 1.29 is 9.90 Å². The van der Waals surface area contributed by atoms with E-state index in [0.29, 0.717) is 5.41 Å². The van der Waals surface area contributed by atoms with Gasteiger partial charge in [0.1, 0.15) is 0 Å². The summed E-state index contributed by atoms with van der Waals surface area (Å²) in [5.41, 5.74) is 6.22. The first-order chi connectivity index (χ1) is 6.04. The molecule has 1 spiro atoms. The van der Waals surface area contributed by atoms with Crippen LogP contribution in [0, 0.1) is 5.41 Å². The summed E-state index contributed by atoms with van der Waals surface area (Å²) in [6.07, 6.45) is 6.93. The molecule has 2 rings (SSSR count). The topological polar surface area (TPSA) is 63.3 Å². The number of aliphatic carboxylic acids is 1. The van der Waals surface area contributed by atoms with Gasteiger partial charge in [0.15, 0.2) is 0 Å². The normalized spacial score (nSPS) is 28.7. The van der Waals surface area contributed by atoms with Crippen LogP contribution >= 0.6 is 0 Å². The first-order valence-corrected chi connectivity index (χ1v) is 5.04. The quantitative estimate of drug-likeness (QED) is 0.682. The maximum absolute atomic E-state index is 10.6. The van der Waals surface area contributed by atoms with Crippen LogP contribution in [0.5, 0.6) is 0 Å². The van der Waals surface area contributed by atoms with Gasteiger partial charge in [0, 0.05) is 5.54 Å². The van der Waals surface area contributed by atoms with Gasteiger partial charge >= 0.3 is 5.97 Å². The van der Waals surface area contributed by atoms with Crippen LogP contribution in [0.3, 0.4) is 0 Å². The molecule has 2 aliphatic carbocycles. The van der Waals surface area contributed by atoms with Gasteiger partial charge < -0.3 is 10.8 Å². The maximum atomic E-state index is 10.6. The third-order valence-electron chi connectivity index (χ3n) is 3.77. The number of hydrogen-bond acceptors (Lipinski definition) is 2. The van der Waals surface area contributed by atoms with Crippen molar-refractivity contribution in [3.8, 4) is 0 Å². The predicted octanol–water partition coefficient (Wildman–Crippen LogP) is 1.51. The van der Waals surface area contributed by atoms with Crippen molar-refractivity contribution in [3.63, 3.8) is 0 Å². The molecule has 2 fully saturated rings. The second-order valence-electron chi connectivity index (χ2n) is 4.93. The second kappa shape index (κ2) is 2.71. The average Bonchev–Trinajstić information content (AvgIpc) is 2.76. The fourth-order valence-electron chi connectivity index (χ4n) is 2.43.